The van der Waals surface area contributed by atoms with Crippen LogP contribution < -0.4 is 5.73 Å². The predicted octanol–water partition coefficient (Wildman–Crippen LogP) is 7.88. The van der Waals surface area contributed by atoms with Gasteiger partial charge in [-0.2, -0.15) is 0 Å². The molecule has 34 heavy (non-hydrogen) atoms. The zero-order valence-electron chi connectivity index (χ0n) is 22.9. The third-order valence-corrected chi connectivity index (χ3v) is 6.23. The zero-order valence-corrected chi connectivity index (χ0v) is 22.9. The van der Waals surface area contributed by atoms with E-state index in [1.807, 2.05) is 0 Å². The highest BCUT2D eigenvalue weighted by molar-refractivity contribution is 4.92. The van der Waals surface area contributed by atoms with Crippen molar-refractivity contribution in [3.63, 3.8) is 0 Å². The molecule has 1 unspecified atom stereocenters. The molecular formula is C30H59NO3. The minimum Gasteiger partial charge on any atom is -0.394 e. The Balaban J connectivity index is 3.46. The highest BCUT2D eigenvalue weighted by Crippen LogP contribution is 2.10. The molecule has 0 spiro atoms. The summed E-state index contributed by atoms with van der Waals surface area (Å²) in [7, 11) is 0. The number of hydrogen-bond acceptors (Lipinski definition) is 4. The smallest absolute Gasteiger partial charge is 0.0862 e. The van der Waals surface area contributed by atoms with Crippen LogP contribution in [0.1, 0.15) is 129 Å². The van der Waals surface area contributed by atoms with Crippen molar-refractivity contribution in [1.82, 2.24) is 0 Å². The molecule has 0 aromatic carbocycles. The van der Waals surface area contributed by atoms with Crippen molar-refractivity contribution < 1.29 is 14.6 Å². The second-order valence-electron chi connectivity index (χ2n) is 9.98. The lowest BCUT2D eigenvalue weighted by Crippen LogP contribution is -2.52. The third kappa shape index (κ3) is 24.4. The van der Waals surface area contributed by atoms with Gasteiger partial charge in [0, 0.05) is 13.2 Å². The molecule has 4 heteroatoms. The maximum absolute atomic E-state index is 9.64. The Morgan fingerprint density at radius 3 is 1.50 bits per heavy atom. The summed E-state index contributed by atoms with van der Waals surface area (Å²) in [6.45, 7) is 6.54. The van der Waals surface area contributed by atoms with Crippen molar-refractivity contribution in [2.24, 2.45) is 5.73 Å². The average Bonchev–Trinajstić information content (AvgIpc) is 2.85. The largest absolute Gasteiger partial charge is 0.394 e. The van der Waals surface area contributed by atoms with E-state index in [2.05, 4.69) is 38.2 Å². The molecular weight excluding hydrogens is 422 g/mol. The van der Waals surface area contributed by atoms with Crippen molar-refractivity contribution in [3.05, 3.63) is 24.3 Å². The van der Waals surface area contributed by atoms with Gasteiger partial charge in [-0.05, 0) is 44.9 Å². The lowest BCUT2D eigenvalue weighted by atomic mass is 10.1. The monoisotopic (exact) mass is 481 g/mol. The van der Waals surface area contributed by atoms with Crippen LogP contribution in [0.2, 0.25) is 0 Å². The molecule has 0 radical (unpaired) electrons. The molecule has 3 N–H and O–H groups in total. The van der Waals surface area contributed by atoms with E-state index in [0.717, 1.165) is 25.9 Å². The molecule has 0 saturated heterocycles. The van der Waals surface area contributed by atoms with Gasteiger partial charge in [-0.1, -0.05) is 109 Å². The molecule has 202 valence electrons. The first-order valence-electron chi connectivity index (χ1n) is 14.5. The topological polar surface area (TPSA) is 64.7 Å². The van der Waals surface area contributed by atoms with E-state index in [9.17, 15) is 5.11 Å². The van der Waals surface area contributed by atoms with E-state index in [1.165, 1.54) is 96.3 Å². The second-order valence-corrected chi connectivity index (χ2v) is 9.98. The number of allylic oxidation sites excluding steroid dienone is 4. The summed E-state index contributed by atoms with van der Waals surface area (Å²) >= 11 is 0. The van der Waals surface area contributed by atoms with Crippen molar-refractivity contribution in [3.8, 4) is 0 Å². The molecule has 0 bridgehead atoms. The summed E-state index contributed by atoms with van der Waals surface area (Å²) in [5.74, 6) is 0. The standard InChI is InChI=1S/C30H59NO3/c1-3-5-7-9-11-12-13-14-15-16-17-18-19-20-22-24-26-34-29-30(31,27-32)28-33-25-23-21-10-8-6-4-2/h11-12,14-15,32H,3-10,13,16-29,31H2,1-2H3. The molecule has 0 fully saturated rings. The van der Waals surface area contributed by atoms with Crippen LogP contribution in [0.15, 0.2) is 24.3 Å². The Hall–Kier alpha value is -0.680. The summed E-state index contributed by atoms with van der Waals surface area (Å²) < 4.78 is 11.5. The minimum absolute atomic E-state index is 0.104. The molecule has 0 rings (SSSR count). The normalized spacial score (nSPS) is 13.9. The van der Waals surface area contributed by atoms with Crippen LogP contribution in [0.5, 0.6) is 0 Å². The maximum atomic E-state index is 9.64. The fourth-order valence-corrected chi connectivity index (χ4v) is 3.86. The van der Waals surface area contributed by atoms with E-state index in [-0.39, 0.29) is 6.61 Å². The highest BCUT2D eigenvalue weighted by Gasteiger charge is 2.24. The van der Waals surface area contributed by atoms with Gasteiger partial charge in [0.2, 0.25) is 0 Å². The number of nitrogens with two attached hydrogens (primary N) is 1. The second kappa shape index (κ2) is 26.9. The quantitative estimate of drug-likeness (QED) is 0.0925. The van der Waals surface area contributed by atoms with E-state index in [0.29, 0.717) is 19.8 Å². The summed E-state index contributed by atoms with van der Waals surface area (Å²) in [6.07, 6.45) is 31.7. The van der Waals surface area contributed by atoms with Gasteiger partial charge in [-0.3, -0.25) is 0 Å². The van der Waals surface area contributed by atoms with Crippen LogP contribution in [0.4, 0.5) is 0 Å². The van der Waals surface area contributed by atoms with Gasteiger partial charge in [0.25, 0.3) is 0 Å². The molecule has 0 aliphatic rings. The number of rotatable bonds is 27. The van der Waals surface area contributed by atoms with Gasteiger partial charge in [0.05, 0.1) is 25.4 Å². The Bertz CT molecular complexity index is 452. The van der Waals surface area contributed by atoms with Crippen LogP contribution in [0.3, 0.4) is 0 Å². The van der Waals surface area contributed by atoms with E-state index < -0.39 is 5.54 Å². The maximum Gasteiger partial charge on any atom is 0.0862 e. The van der Waals surface area contributed by atoms with Crippen molar-refractivity contribution in [2.45, 2.75) is 135 Å². The summed E-state index contributed by atoms with van der Waals surface area (Å²) in [5.41, 5.74) is 5.46. The lowest BCUT2D eigenvalue weighted by Gasteiger charge is -2.26. The summed E-state index contributed by atoms with van der Waals surface area (Å²) in [5, 5.41) is 9.64. The molecule has 0 aliphatic heterocycles. The first-order chi connectivity index (χ1) is 16.7. The predicted molar refractivity (Wildman–Crippen MR) is 148 cm³/mol. The van der Waals surface area contributed by atoms with Gasteiger partial charge < -0.3 is 20.3 Å². The minimum atomic E-state index is -0.777. The van der Waals surface area contributed by atoms with Gasteiger partial charge in [0.15, 0.2) is 0 Å². The van der Waals surface area contributed by atoms with Crippen LogP contribution in [0.25, 0.3) is 0 Å². The molecule has 0 saturated carbocycles. The molecule has 0 aromatic rings. The molecule has 0 aromatic heterocycles. The van der Waals surface area contributed by atoms with Crippen LogP contribution >= 0.6 is 0 Å². The van der Waals surface area contributed by atoms with Crippen molar-refractivity contribution >= 4 is 0 Å². The highest BCUT2D eigenvalue weighted by atomic mass is 16.5. The van der Waals surface area contributed by atoms with Gasteiger partial charge in [-0.15, -0.1) is 0 Å². The molecule has 0 heterocycles. The van der Waals surface area contributed by atoms with Crippen molar-refractivity contribution in [1.29, 1.82) is 0 Å². The fourth-order valence-electron chi connectivity index (χ4n) is 3.86. The van der Waals surface area contributed by atoms with Crippen LogP contribution in [0, 0.1) is 0 Å². The van der Waals surface area contributed by atoms with Gasteiger partial charge in [0.1, 0.15) is 0 Å². The number of hydrogen-bond donors (Lipinski definition) is 2. The first kappa shape index (κ1) is 33.3. The summed E-state index contributed by atoms with van der Waals surface area (Å²) in [4.78, 5) is 0. The first-order valence-corrected chi connectivity index (χ1v) is 14.5. The molecule has 0 aliphatic carbocycles. The van der Waals surface area contributed by atoms with Gasteiger partial charge >= 0.3 is 0 Å². The SMILES string of the molecule is CCCCCC=CCC=CCCCCCCCCOCC(N)(CO)COCCCCCCCC. The average molecular weight is 482 g/mol. The molecule has 4 nitrogen and oxygen atoms in total. The molecule has 1 atom stereocenters. The fraction of sp³-hybridized carbons (Fsp3) is 0.867. The Kier molecular flexibility index (Phi) is 26.4. The number of ether oxygens (including phenoxy) is 2. The zero-order chi connectivity index (χ0) is 25.0. The van der Waals surface area contributed by atoms with Crippen LogP contribution in [-0.2, 0) is 9.47 Å². The van der Waals surface area contributed by atoms with E-state index >= 15 is 0 Å². The lowest BCUT2D eigenvalue weighted by molar-refractivity contribution is -0.00366. The Morgan fingerprint density at radius 2 is 1.00 bits per heavy atom. The number of unbranched alkanes of at least 4 members (excludes halogenated alkanes) is 14. The van der Waals surface area contributed by atoms with Crippen molar-refractivity contribution in [2.75, 3.05) is 33.0 Å². The van der Waals surface area contributed by atoms with E-state index in [4.69, 9.17) is 15.2 Å². The number of aliphatic hydroxyl groups is 1. The van der Waals surface area contributed by atoms with Gasteiger partial charge in [-0.25, -0.2) is 0 Å². The third-order valence-electron chi connectivity index (χ3n) is 6.23. The Morgan fingerprint density at radius 1 is 0.588 bits per heavy atom. The van der Waals surface area contributed by atoms with Crippen LogP contribution in [-0.4, -0.2) is 43.7 Å². The Labute approximate surface area is 212 Å². The number of aliphatic hydroxyl groups excluding tert-OH is 1. The van der Waals surface area contributed by atoms with E-state index in [1.54, 1.807) is 0 Å². The summed E-state index contributed by atoms with van der Waals surface area (Å²) in [6, 6.07) is 0. The molecule has 0 amide bonds.